The van der Waals surface area contributed by atoms with Crippen molar-refractivity contribution in [3.63, 3.8) is 0 Å². The smallest absolute Gasteiger partial charge is 0.338 e. The molecule has 0 heterocycles. The monoisotopic (exact) mass is 232 g/mol. The van der Waals surface area contributed by atoms with E-state index in [2.05, 4.69) is 6.58 Å². The van der Waals surface area contributed by atoms with Crippen LogP contribution < -0.4 is 0 Å². The minimum Gasteiger partial charge on any atom is -0.456 e. The lowest BCUT2D eigenvalue weighted by molar-refractivity contribution is 0.00685. The van der Waals surface area contributed by atoms with Crippen LogP contribution in [0, 0.1) is 6.92 Å². The molecular formula is C15H20O2. The third-order valence-corrected chi connectivity index (χ3v) is 2.24. The Morgan fingerprint density at radius 2 is 2.06 bits per heavy atom. The highest BCUT2D eigenvalue weighted by Crippen LogP contribution is 2.17. The maximum absolute atomic E-state index is 12.0. The molecule has 92 valence electrons. The molecule has 0 aromatic heterocycles. The van der Waals surface area contributed by atoms with E-state index in [0.29, 0.717) is 12.0 Å². The summed E-state index contributed by atoms with van der Waals surface area (Å²) in [6.07, 6.45) is 2.47. The van der Waals surface area contributed by atoms with Crippen LogP contribution in [0.3, 0.4) is 0 Å². The molecule has 0 N–H and O–H groups in total. The molecule has 0 aliphatic carbocycles. The molecule has 0 saturated heterocycles. The van der Waals surface area contributed by atoms with E-state index < -0.39 is 5.60 Å². The van der Waals surface area contributed by atoms with Gasteiger partial charge in [-0.15, -0.1) is 6.58 Å². The van der Waals surface area contributed by atoms with Crippen molar-refractivity contribution in [2.75, 3.05) is 0 Å². The average Bonchev–Trinajstić information content (AvgIpc) is 2.15. The number of carbonyl (C=O) groups is 1. The van der Waals surface area contributed by atoms with E-state index in [9.17, 15) is 4.79 Å². The van der Waals surface area contributed by atoms with Crippen LogP contribution in [0.25, 0.3) is 0 Å². The zero-order valence-corrected chi connectivity index (χ0v) is 11.0. The maximum atomic E-state index is 12.0. The Morgan fingerprint density at radius 3 is 2.59 bits per heavy atom. The quantitative estimate of drug-likeness (QED) is 0.587. The number of allylic oxidation sites excluding steroid dienone is 1. The van der Waals surface area contributed by atoms with Crippen molar-refractivity contribution in [2.45, 2.75) is 39.7 Å². The van der Waals surface area contributed by atoms with E-state index >= 15 is 0 Å². The number of benzene rings is 1. The fourth-order valence-electron chi connectivity index (χ4n) is 1.58. The fourth-order valence-corrected chi connectivity index (χ4v) is 1.58. The molecule has 2 heteroatoms. The topological polar surface area (TPSA) is 26.3 Å². The highest BCUT2D eigenvalue weighted by Gasteiger charge is 2.19. The van der Waals surface area contributed by atoms with Gasteiger partial charge in [0.2, 0.25) is 0 Å². The van der Waals surface area contributed by atoms with Gasteiger partial charge in [0.15, 0.2) is 0 Å². The summed E-state index contributed by atoms with van der Waals surface area (Å²) in [5, 5.41) is 0. The van der Waals surface area contributed by atoms with Gasteiger partial charge in [-0.1, -0.05) is 23.8 Å². The lowest BCUT2D eigenvalue weighted by Gasteiger charge is -2.20. The summed E-state index contributed by atoms with van der Waals surface area (Å²) in [7, 11) is 0. The summed E-state index contributed by atoms with van der Waals surface area (Å²) in [5.74, 6) is -0.269. The third-order valence-electron chi connectivity index (χ3n) is 2.24. The molecule has 0 unspecified atom stereocenters. The lowest BCUT2D eigenvalue weighted by atomic mass is 10.0. The predicted molar refractivity (Wildman–Crippen MR) is 70.2 cm³/mol. The minimum absolute atomic E-state index is 0.269. The molecule has 0 aliphatic rings. The Labute approximate surface area is 103 Å². The number of rotatable bonds is 3. The second-order valence-electron chi connectivity index (χ2n) is 5.16. The van der Waals surface area contributed by atoms with Gasteiger partial charge in [-0.3, -0.25) is 0 Å². The van der Waals surface area contributed by atoms with Crippen LogP contribution in [-0.2, 0) is 11.2 Å². The van der Waals surface area contributed by atoms with Gasteiger partial charge >= 0.3 is 5.97 Å². The number of esters is 1. The molecule has 0 radical (unpaired) electrons. The molecule has 1 aromatic carbocycles. The first-order chi connectivity index (χ1) is 7.83. The number of ether oxygens (including phenoxy) is 1. The van der Waals surface area contributed by atoms with Crippen LogP contribution in [-0.4, -0.2) is 11.6 Å². The van der Waals surface area contributed by atoms with Crippen LogP contribution in [0.1, 0.15) is 42.3 Å². The molecule has 1 rings (SSSR count). The van der Waals surface area contributed by atoms with Gasteiger partial charge in [0.25, 0.3) is 0 Å². The Hall–Kier alpha value is -1.57. The highest BCUT2D eigenvalue weighted by atomic mass is 16.6. The Balaban J connectivity index is 3.04. The fraction of sp³-hybridized carbons (Fsp3) is 0.400. The van der Waals surface area contributed by atoms with Crippen molar-refractivity contribution in [1.82, 2.24) is 0 Å². The first-order valence-corrected chi connectivity index (χ1v) is 5.77. The SMILES string of the molecule is C=CCc1cc(C)ccc1C(=O)OC(C)(C)C. The van der Waals surface area contributed by atoms with Gasteiger partial charge in [-0.25, -0.2) is 4.79 Å². The van der Waals surface area contributed by atoms with Crippen molar-refractivity contribution in [2.24, 2.45) is 0 Å². The van der Waals surface area contributed by atoms with E-state index in [1.807, 2.05) is 45.9 Å². The zero-order valence-electron chi connectivity index (χ0n) is 11.0. The molecule has 1 aromatic rings. The molecule has 17 heavy (non-hydrogen) atoms. The van der Waals surface area contributed by atoms with Crippen LogP contribution in [0.15, 0.2) is 30.9 Å². The molecule has 0 bridgehead atoms. The van der Waals surface area contributed by atoms with Crippen molar-refractivity contribution >= 4 is 5.97 Å². The van der Waals surface area contributed by atoms with Gasteiger partial charge in [0.1, 0.15) is 5.60 Å². The van der Waals surface area contributed by atoms with Crippen molar-refractivity contribution in [3.05, 3.63) is 47.5 Å². The van der Waals surface area contributed by atoms with Gasteiger partial charge in [0, 0.05) is 0 Å². The van der Waals surface area contributed by atoms with E-state index in [0.717, 1.165) is 11.1 Å². The predicted octanol–water partition coefficient (Wildman–Crippen LogP) is 3.68. The summed E-state index contributed by atoms with van der Waals surface area (Å²) in [6.45, 7) is 11.3. The van der Waals surface area contributed by atoms with Crippen molar-refractivity contribution < 1.29 is 9.53 Å². The standard InChI is InChI=1S/C15H20O2/c1-6-7-12-10-11(2)8-9-13(12)14(16)17-15(3,4)5/h6,8-10H,1,7H2,2-5H3. The normalized spacial score (nSPS) is 11.1. The number of hydrogen-bond acceptors (Lipinski definition) is 2. The molecule has 0 saturated carbocycles. The summed E-state index contributed by atoms with van der Waals surface area (Å²) in [5.41, 5.74) is 2.27. The molecule has 0 atom stereocenters. The number of aryl methyl sites for hydroxylation is 1. The van der Waals surface area contributed by atoms with Gasteiger partial charge in [-0.05, 0) is 45.7 Å². The van der Waals surface area contributed by atoms with Gasteiger partial charge < -0.3 is 4.74 Å². The maximum Gasteiger partial charge on any atom is 0.338 e. The zero-order chi connectivity index (χ0) is 13.1. The van der Waals surface area contributed by atoms with Crippen LogP contribution in [0.2, 0.25) is 0 Å². The first-order valence-electron chi connectivity index (χ1n) is 5.77. The highest BCUT2D eigenvalue weighted by molar-refractivity contribution is 5.91. The van der Waals surface area contributed by atoms with E-state index in [-0.39, 0.29) is 5.97 Å². The number of hydrogen-bond donors (Lipinski definition) is 0. The molecule has 0 amide bonds. The third kappa shape index (κ3) is 4.06. The minimum atomic E-state index is -0.465. The van der Waals surface area contributed by atoms with E-state index in [1.165, 1.54) is 0 Å². The molecular weight excluding hydrogens is 212 g/mol. The molecule has 2 nitrogen and oxygen atoms in total. The lowest BCUT2D eigenvalue weighted by Crippen LogP contribution is -2.24. The Bertz CT molecular complexity index is 425. The second-order valence-corrected chi connectivity index (χ2v) is 5.16. The van der Waals surface area contributed by atoms with Crippen LogP contribution in [0.5, 0.6) is 0 Å². The summed E-state index contributed by atoms with van der Waals surface area (Å²) in [4.78, 5) is 12.0. The summed E-state index contributed by atoms with van der Waals surface area (Å²) in [6, 6.07) is 5.75. The van der Waals surface area contributed by atoms with E-state index in [1.54, 1.807) is 6.08 Å². The summed E-state index contributed by atoms with van der Waals surface area (Å²) < 4.78 is 5.38. The van der Waals surface area contributed by atoms with Gasteiger partial charge in [0.05, 0.1) is 5.56 Å². The summed E-state index contributed by atoms with van der Waals surface area (Å²) >= 11 is 0. The molecule has 0 fully saturated rings. The average molecular weight is 232 g/mol. The number of carbonyl (C=O) groups excluding carboxylic acids is 1. The van der Waals surface area contributed by atoms with Crippen molar-refractivity contribution in [3.8, 4) is 0 Å². The van der Waals surface area contributed by atoms with Crippen LogP contribution in [0.4, 0.5) is 0 Å². The van der Waals surface area contributed by atoms with E-state index in [4.69, 9.17) is 4.74 Å². The molecule has 0 aliphatic heterocycles. The van der Waals surface area contributed by atoms with Crippen molar-refractivity contribution in [1.29, 1.82) is 0 Å². The molecule has 0 spiro atoms. The van der Waals surface area contributed by atoms with Gasteiger partial charge in [-0.2, -0.15) is 0 Å². The van der Waals surface area contributed by atoms with Crippen LogP contribution >= 0.6 is 0 Å². The largest absolute Gasteiger partial charge is 0.456 e. The Kier molecular flexibility index (Phi) is 4.11. The first kappa shape index (κ1) is 13.5. The Morgan fingerprint density at radius 1 is 1.41 bits per heavy atom. The second kappa shape index (κ2) is 5.17.